The van der Waals surface area contributed by atoms with Gasteiger partial charge in [-0.05, 0) is 18.6 Å². The van der Waals surface area contributed by atoms with Gasteiger partial charge in [0.25, 0.3) is 0 Å². The van der Waals surface area contributed by atoms with E-state index in [9.17, 15) is 4.79 Å². The standard InChI is InChI=1S/C13H17N3O/c1-2-5-10(14)9-16-12-7-4-3-6-11(12)13(17)8-15-16/h3-4,6-8,10H,2,5,9,14H2,1H3. The third-order valence-electron chi connectivity index (χ3n) is 2.83. The molecule has 0 saturated heterocycles. The normalized spacial score (nSPS) is 12.8. The van der Waals surface area contributed by atoms with E-state index in [2.05, 4.69) is 12.0 Å². The summed E-state index contributed by atoms with van der Waals surface area (Å²) >= 11 is 0. The summed E-state index contributed by atoms with van der Waals surface area (Å²) in [6, 6.07) is 7.58. The zero-order chi connectivity index (χ0) is 12.3. The number of rotatable bonds is 4. The van der Waals surface area contributed by atoms with Gasteiger partial charge in [-0.3, -0.25) is 9.48 Å². The van der Waals surface area contributed by atoms with Gasteiger partial charge >= 0.3 is 0 Å². The molecule has 17 heavy (non-hydrogen) atoms. The second-order valence-electron chi connectivity index (χ2n) is 4.26. The first-order chi connectivity index (χ1) is 8.22. The van der Waals surface area contributed by atoms with Crippen LogP contribution in [0.15, 0.2) is 35.3 Å². The lowest BCUT2D eigenvalue weighted by molar-refractivity contribution is 0.487. The lowest BCUT2D eigenvalue weighted by atomic mass is 10.1. The first-order valence-corrected chi connectivity index (χ1v) is 5.93. The Bertz CT molecular complexity index is 562. The first-order valence-electron chi connectivity index (χ1n) is 5.93. The fraction of sp³-hybridized carbons (Fsp3) is 0.385. The predicted molar refractivity (Wildman–Crippen MR) is 68.9 cm³/mol. The minimum absolute atomic E-state index is 0.0408. The Morgan fingerprint density at radius 1 is 1.41 bits per heavy atom. The highest BCUT2D eigenvalue weighted by atomic mass is 16.1. The van der Waals surface area contributed by atoms with Crippen LogP contribution < -0.4 is 11.2 Å². The van der Waals surface area contributed by atoms with E-state index in [1.165, 1.54) is 6.20 Å². The van der Waals surface area contributed by atoms with Gasteiger partial charge in [0.1, 0.15) is 0 Å². The van der Waals surface area contributed by atoms with Gasteiger partial charge in [-0.15, -0.1) is 0 Å². The Morgan fingerprint density at radius 2 is 2.18 bits per heavy atom. The Kier molecular flexibility index (Phi) is 3.54. The molecule has 0 aliphatic rings. The van der Waals surface area contributed by atoms with Crippen molar-refractivity contribution in [3.8, 4) is 0 Å². The van der Waals surface area contributed by atoms with E-state index in [1.807, 2.05) is 28.9 Å². The summed E-state index contributed by atoms with van der Waals surface area (Å²) in [5.74, 6) is 0. The third-order valence-corrected chi connectivity index (χ3v) is 2.83. The molecule has 0 aliphatic carbocycles. The zero-order valence-electron chi connectivity index (χ0n) is 9.97. The Hall–Kier alpha value is -1.68. The van der Waals surface area contributed by atoms with Gasteiger partial charge in [0, 0.05) is 11.4 Å². The molecule has 4 heteroatoms. The molecular formula is C13H17N3O. The largest absolute Gasteiger partial charge is 0.326 e. The van der Waals surface area contributed by atoms with Crippen LogP contribution >= 0.6 is 0 Å². The number of nitrogens with zero attached hydrogens (tertiary/aromatic N) is 2. The van der Waals surface area contributed by atoms with E-state index in [0.29, 0.717) is 11.9 Å². The number of fused-ring (bicyclic) bond motifs is 1. The van der Waals surface area contributed by atoms with Crippen LogP contribution in [-0.2, 0) is 6.54 Å². The summed E-state index contributed by atoms with van der Waals surface area (Å²) in [5.41, 5.74) is 6.82. The van der Waals surface area contributed by atoms with E-state index in [0.717, 1.165) is 18.4 Å². The van der Waals surface area contributed by atoms with Crippen LogP contribution in [0.25, 0.3) is 10.9 Å². The lowest BCUT2D eigenvalue weighted by Crippen LogP contribution is -2.28. The summed E-state index contributed by atoms with van der Waals surface area (Å²) in [4.78, 5) is 11.6. The first kappa shape index (κ1) is 11.8. The minimum Gasteiger partial charge on any atom is -0.326 e. The van der Waals surface area contributed by atoms with E-state index in [1.54, 1.807) is 0 Å². The number of aromatic nitrogens is 2. The molecule has 2 N–H and O–H groups in total. The van der Waals surface area contributed by atoms with Crippen molar-refractivity contribution < 1.29 is 0 Å². The second kappa shape index (κ2) is 5.10. The van der Waals surface area contributed by atoms with E-state index >= 15 is 0 Å². The van der Waals surface area contributed by atoms with E-state index in [-0.39, 0.29) is 11.5 Å². The van der Waals surface area contributed by atoms with Crippen molar-refractivity contribution in [2.75, 3.05) is 0 Å². The third kappa shape index (κ3) is 2.53. The van der Waals surface area contributed by atoms with Crippen LogP contribution in [0.4, 0.5) is 0 Å². The van der Waals surface area contributed by atoms with Crippen molar-refractivity contribution in [3.63, 3.8) is 0 Å². The average molecular weight is 231 g/mol. The minimum atomic E-state index is -0.0408. The predicted octanol–water partition coefficient (Wildman–Crippen LogP) is 1.52. The van der Waals surface area contributed by atoms with Crippen molar-refractivity contribution in [2.24, 2.45) is 5.73 Å². The molecule has 1 aromatic heterocycles. The molecule has 1 unspecified atom stereocenters. The quantitative estimate of drug-likeness (QED) is 0.868. The van der Waals surface area contributed by atoms with Gasteiger partial charge in [0.15, 0.2) is 0 Å². The van der Waals surface area contributed by atoms with Gasteiger partial charge in [-0.1, -0.05) is 25.5 Å². The average Bonchev–Trinajstić information content (AvgIpc) is 2.34. The number of hydrogen-bond donors (Lipinski definition) is 1. The molecule has 0 spiro atoms. The molecule has 2 rings (SSSR count). The van der Waals surface area contributed by atoms with Gasteiger partial charge in [0.2, 0.25) is 5.43 Å². The van der Waals surface area contributed by atoms with Crippen molar-refractivity contribution in [1.29, 1.82) is 0 Å². The molecule has 4 nitrogen and oxygen atoms in total. The number of benzene rings is 1. The lowest BCUT2D eigenvalue weighted by Gasteiger charge is -2.14. The molecular weight excluding hydrogens is 214 g/mol. The fourth-order valence-corrected chi connectivity index (χ4v) is 1.99. The van der Waals surface area contributed by atoms with Crippen LogP contribution in [0, 0.1) is 0 Å². The maximum Gasteiger partial charge on any atom is 0.207 e. The molecule has 2 aromatic rings. The molecule has 90 valence electrons. The van der Waals surface area contributed by atoms with E-state index in [4.69, 9.17) is 5.73 Å². The number of para-hydroxylation sites is 1. The van der Waals surface area contributed by atoms with Crippen molar-refractivity contribution >= 4 is 10.9 Å². The van der Waals surface area contributed by atoms with Crippen molar-refractivity contribution in [2.45, 2.75) is 32.4 Å². The molecule has 0 saturated carbocycles. The summed E-state index contributed by atoms with van der Waals surface area (Å²) in [6.07, 6.45) is 3.38. The highest BCUT2D eigenvalue weighted by Gasteiger charge is 2.07. The highest BCUT2D eigenvalue weighted by molar-refractivity contribution is 5.77. The Labute approximate surface area is 100 Å². The Morgan fingerprint density at radius 3 is 2.94 bits per heavy atom. The molecule has 0 bridgehead atoms. The monoisotopic (exact) mass is 231 g/mol. The van der Waals surface area contributed by atoms with Crippen LogP contribution in [0.3, 0.4) is 0 Å². The molecule has 1 aromatic carbocycles. The second-order valence-corrected chi connectivity index (χ2v) is 4.26. The summed E-state index contributed by atoms with van der Waals surface area (Å²) in [7, 11) is 0. The zero-order valence-corrected chi connectivity index (χ0v) is 9.97. The molecule has 1 heterocycles. The number of hydrogen-bond acceptors (Lipinski definition) is 3. The highest BCUT2D eigenvalue weighted by Crippen LogP contribution is 2.09. The summed E-state index contributed by atoms with van der Waals surface area (Å²) < 4.78 is 1.82. The van der Waals surface area contributed by atoms with Crippen LogP contribution in [-0.4, -0.2) is 15.8 Å². The van der Waals surface area contributed by atoms with Gasteiger partial charge in [-0.2, -0.15) is 5.10 Å². The van der Waals surface area contributed by atoms with Gasteiger partial charge in [0.05, 0.1) is 18.3 Å². The number of nitrogens with two attached hydrogens (primary N) is 1. The molecule has 0 amide bonds. The van der Waals surface area contributed by atoms with E-state index < -0.39 is 0 Å². The molecule has 1 atom stereocenters. The molecule has 0 radical (unpaired) electrons. The van der Waals surface area contributed by atoms with Crippen molar-refractivity contribution in [3.05, 3.63) is 40.7 Å². The van der Waals surface area contributed by atoms with Gasteiger partial charge in [-0.25, -0.2) is 0 Å². The maximum absolute atomic E-state index is 11.6. The van der Waals surface area contributed by atoms with Crippen LogP contribution in [0.1, 0.15) is 19.8 Å². The molecule has 0 aliphatic heterocycles. The summed E-state index contributed by atoms with van der Waals surface area (Å²) in [5, 5.41) is 4.85. The smallest absolute Gasteiger partial charge is 0.207 e. The Balaban J connectivity index is 2.41. The van der Waals surface area contributed by atoms with Gasteiger partial charge < -0.3 is 5.73 Å². The van der Waals surface area contributed by atoms with Crippen LogP contribution in [0.5, 0.6) is 0 Å². The van der Waals surface area contributed by atoms with Crippen molar-refractivity contribution in [1.82, 2.24) is 9.78 Å². The molecule has 0 fully saturated rings. The SMILES string of the molecule is CCCC(N)Cn1ncc(=O)c2ccccc21. The van der Waals surface area contributed by atoms with Crippen LogP contribution in [0.2, 0.25) is 0 Å². The topological polar surface area (TPSA) is 60.9 Å². The maximum atomic E-state index is 11.6. The fourth-order valence-electron chi connectivity index (χ4n) is 1.99. The summed E-state index contributed by atoms with van der Waals surface area (Å²) in [6.45, 7) is 2.76.